The Bertz CT molecular complexity index is 173. The van der Waals surface area contributed by atoms with Gasteiger partial charge in [0.1, 0.15) is 0 Å². The van der Waals surface area contributed by atoms with Crippen LogP contribution in [0.5, 0.6) is 0 Å². The second-order valence-corrected chi connectivity index (χ2v) is 4.93. The quantitative estimate of drug-likeness (QED) is 0.568. The molecule has 0 aromatic carbocycles. The first-order chi connectivity index (χ1) is 6.20. The molecule has 2 aliphatic heterocycles. The molecule has 2 nitrogen and oxygen atoms in total. The smallest absolute Gasteiger partial charge is 0.0709 e. The van der Waals surface area contributed by atoms with E-state index in [1.165, 1.54) is 38.8 Å². The maximum Gasteiger partial charge on any atom is 0.0709 e. The highest BCUT2D eigenvalue weighted by molar-refractivity contribution is 4.90. The van der Waals surface area contributed by atoms with E-state index in [2.05, 4.69) is 18.9 Å². The fourth-order valence-electron chi connectivity index (χ4n) is 2.65. The molecule has 76 valence electrons. The van der Waals surface area contributed by atoms with E-state index in [0.717, 1.165) is 12.5 Å². The van der Waals surface area contributed by atoms with Crippen LogP contribution in [0.4, 0.5) is 0 Å². The standard InChI is InChI=1S/C11H21NO/c1-10-3-8-13-11(9-10)4-6-12(2)7-5-11/h10H,3-9H2,1-2H3. The van der Waals surface area contributed by atoms with Crippen LogP contribution in [0, 0.1) is 5.92 Å². The fourth-order valence-corrected chi connectivity index (χ4v) is 2.65. The van der Waals surface area contributed by atoms with E-state index in [0.29, 0.717) is 0 Å². The third kappa shape index (κ3) is 2.05. The van der Waals surface area contributed by atoms with E-state index in [1.54, 1.807) is 0 Å². The third-order valence-corrected chi connectivity index (χ3v) is 3.64. The summed E-state index contributed by atoms with van der Waals surface area (Å²) < 4.78 is 6.00. The van der Waals surface area contributed by atoms with Gasteiger partial charge in [-0.1, -0.05) is 6.92 Å². The van der Waals surface area contributed by atoms with Gasteiger partial charge in [0.25, 0.3) is 0 Å². The maximum atomic E-state index is 6.00. The van der Waals surface area contributed by atoms with E-state index in [9.17, 15) is 0 Å². The maximum absolute atomic E-state index is 6.00. The molecule has 0 aromatic heterocycles. The Kier molecular flexibility index (Phi) is 2.61. The van der Waals surface area contributed by atoms with Gasteiger partial charge in [0.15, 0.2) is 0 Å². The highest BCUT2D eigenvalue weighted by Gasteiger charge is 2.38. The number of hydrogen-bond acceptors (Lipinski definition) is 2. The lowest BCUT2D eigenvalue weighted by atomic mass is 9.80. The molecule has 2 heterocycles. The van der Waals surface area contributed by atoms with E-state index < -0.39 is 0 Å². The van der Waals surface area contributed by atoms with E-state index >= 15 is 0 Å². The summed E-state index contributed by atoms with van der Waals surface area (Å²) in [6, 6.07) is 0. The molecule has 1 unspecified atom stereocenters. The number of hydrogen-bond donors (Lipinski definition) is 0. The summed E-state index contributed by atoms with van der Waals surface area (Å²) in [5, 5.41) is 0. The lowest BCUT2D eigenvalue weighted by Gasteiger charge is -2.45. The van der Waals surface area contributed by atoms with Crippen LogP contribution >= 0.6 is 0 Å². The second kappa shape index (κ2) is 3.58. The Labute approximate surface area is 81.3 Å². The summed E-state index contributed by atoms with van der Waals surface area (Å²) in [5.41, 5.74) is 0.268. The topological polar surface area (TPSA) is 12.5 Å². The van der Waals surface area contributed by atoms with Crippen LogP contribution < -0.4 is 0 Å². The lowest BCUT2D eigenvalue weighted by Crippen LogP contribution is -2.48. The first kappa shape index (κ1) is 9.47. The zero-order valence-electron chi connectivity index (χ0n) is 8.88. The van der Waals surface area contributed by atoms with Gasteiger partial charge in [0, 0.05) is 19.7 Å². The minimum absolute atomic E-state index is 0.268. The summed E-state index contributed by atoms with van der Waals surface area (Å²) in [4.78, 5) is 2.41. The molecule has 0 radical (unpaired) electrons. The molecular formula is C11H21NO. The molecule has 2 heteroatoms. The number of ether oxygens (including phenoxy) is 1. The van der Waals surface area contributed by atoms with Crippen LogP contribution in [0.15, 0.2) is 0 Å². The summed E-state index contributed by atoms with van der Waals surface area (Å²) in [6.07, 6.45) is 5.04. The molecule has 0 aromatic rings. The second-order valence-electron chi connectivity index (χ2n) is 4.93. The first-order valence-electron chi connectivity index (χ1n) is 5.53. The van der Waals surface area contributed by atoms with Gasteiger partial charge in [-0.3, -0.25) is 0 Å². The molecule has 1 atom stereocenters. The average Bonchev–Trinajstić information content (AvgIpc) is 2.11. The fraction of sp³-hybridized carbons (Fsp3) is 1.00. The van der Waals surface area contributed by atoms with Crippen molar-refractivity contribution >= 4 is 0 Å². The van der Waals surface area contributed by atoms with Crippen molar-refractivity contribution in [3.8, 4) is 0 Å². The van der Waals surface area contributed by atoms with Gasteiger partial charge in [-0.05, 0) is 38.6 Å². The molecule has 2 rings (SSSR count). The molecular weight excluding hydrogens is 162 g/mol. The zero-order valence-corrected chi connectivity index (χ0v) is 8.88. The van der Waals surface area contributed by atoms with Crippen molar-refractivity contribution in [3.05, 3.63) is 0 Å². The molecule has 13 heavy (non-hydrogen) atoms. The SMILES string of the molecule is CC1CCOC2(CCN(C)CC2)C1. The third-order valence-electron chi connectivity index (χ3n) is 3.64. The number of rotatable bonds is 0. The molecule has 0 amide bonds. The average molecular weight is 183 g/mol. The largest absolute Gasteiger partial charge is 0.375 e. The first-order valence-corrected chi connectivity index (χ1v) is 5.53. The van der Waals surface area contributed by atoms with E-state index in [4.69, 9.17) is 4.74 Å². The molecule has 2 saturated heterocycles. The summed E-state index contributed by atoms with van der Waals surface area (Å²) in [6.45, 7) is 5.78. The highest BCUT2D eigenvalue weighted by atomic mass is 16.5. The summed E-state index contributed by atoms with van der Waals surface area (Å²) in [7, 11) is 2.21. The van der Waals surface area contributed by atoms with Crippen LogP contribution in [0.2, 0.25) is 0 Å². The molecule has 2 aliphatic rings. The Morgan fingerprint density at radius 3 is 2.62 bits per heavy atom. The molecule has 1 spiro atoms. The van der Waals surface area contributed by atoms with Crippen LogP contribution in [-0.4, -0.2) is 37.2 Å². The molecule has 0 saturated carbocycles. The van der Waals surface area contributed by atoms with Crippen LogP contribution in [-0.2, 0) is 4.74 Å². The Morgan fingerprint density at radius 2 is 2.00 bits per heavy atom. The number of piperidine rings is 1. The predicted molar refractivity (Wildman–Crippen MR) is 53.8 cm³/mol. The minimum atomic E-state index is 0.268. The lowest BCUT2D eigenvalue weighted by molar-refractivity contribution is -0.122. The van der Waals surface area contributed by atoms with Crippen LogP contribution in [0.1, 0.15) is 32.6 Å². The van der Waals surface area contributed by atoms with Crippen molar-refractivity contribution in [1.29, 1.82) is 0 Å². The Hall–Kier alpha value is -0.0800. The van der Waals surface area contributed by atoms with Crippen molar-refractivity contribution in [2.45, 2.75) is 38.2 Å². The van der Waals surface area contributed by atoms with Gasteiger partial charge >= 0.3 is 0 Å². The normalized spacial score (nSPS) is 35.1. The number of likely N-dealkylation sites (tertiary alicyclic amines) is 1. The number of nitrogens with zero attached hydrogens (tertiary/aromatic N) is 1. The van der Waals surface area contributed by atoms with Gasteiger partial charge in [-0.15, -0.1) is 0 Å². The van der Waals surface area contributed by atoms with Crippen LogP contribution in [0.25, 0.3) is 0 Å². The Morgan fingerprint density at radius 1 is 1.31 bits per heavy atom. The molecule has 0 bridgehead atoms. The van der Waals surface area contributed by atoms with Gasteiger partial charge in [-0.25, -0.2) is 0 Å². The van der Waals surface area contributed by atoms with Crippen molar-refractivity contribution in [2.75, 3.05) is 26.7 Å². The zero-order chi connectivity index (χ0) is 9.31. The minimum Gasteiger partial charge on any atom is -0.375 e. The summed E-state index contributed by atoms with van der Waals surface area (Å²) >= 11 is 0. The van der Waals surface area contributed by atoms with Gasteiger partial charge in [-0.2, -0.15) is 0 Å². The van der Waals surface area contributed by atoms with Gasteiger partial charge in [0.2, 0.25) is 0 Å². The monoisotopic (exact) mass is 183 g/mol. The van der Waals surface area contributed by atoms with Crippen molar-refractivity contribution in [2.24, 2.45) is 5.92 Å². The van der Waals surface area contributed by atoms with E-state index in [1.807, 2.05) is 0 Å². The van der Waals surface area contributed by atoms with Crippen molar-refractivity contribution in [1.82, 2.24) is 4.90 Å². The van der Waals surface area contributed by atoms with Crippen molar-refractivity contribution < 1.29 is 4.74 Å². The Balaban J connectivity index is 1.95. The van der Waals surface area contributed by atoms with Gasteiger partial charge in [0.05, 0.1) is 5.60 Å². The van der Waals surface area contributed by atoms with Crippen LogP contribution in [0.3, 0.4) is 0 Å². The molecule has 0 aliphatic carbocycles. The van der Waals surface area contributed by atoms with Crippen molar-refractivity contribution in [3.63, 3.8) is 0 Å². The molecule has 0 N–H and O–H groups in total. The van der Waals surface area contributed by atoms with E-state index in [-0.39, 0.29) is 5.60 Å². The molecule has 2 fully saturated rings. The van der Waals surface area contributed by atoms with Gasteiger partial charge < -0.3 is 9.64 Å². The predicted octanol–water partition coefficient (Wildman–Crippen LogP) is 1.90. The highest BCUT2D eigenvalue weighted by Crippen LogP contribution is 2.36. The summed E-state index contributed by atoms with van der Waals surface area (Å²) in [5.74, 6) is 0.872.